The van der Waals surface area contributed by atoms with Crippen molar-refractivity contribution in [3.8, 4) is 0 Å². The van der Waals surface area contributed by atoms with Crippen molar-refractivity contribution in [1.82, 2.24) is 4.98 Å². The van der Waals surface area contributed by atoms with Crippen molar-refractivity contribution in [2.75, 3.05) is 5.32 Å². The van der Waals surface area contributed by atoms with Gasteiger partial charge in [-0.1, -0.05) is 0 Å². The first-order valence-corrected chi connectivity index (χ1v) is 14.9. The first-order chi connectivity index (χ1) is 7.60. The van der Waals surface area contributed by atoms with Crippen LogP contribution in [0.1, 0.15) is 0 Å². The molecule has 3 nitrogen and oxygen atoms in total. The average Bonchev–Trinajstić information content (AvgIpc) is 2.15. The predicted octanol–water partition coefficient (Wildman–Crippen LogP) is 2.13. The molecule has 0 fully saturated rings. The van der Waals surface area contributed by atoms with E-state index in [2.05, 4.69) is 19.8 Å². The molecule has 0 aliphatic carbocycles. The van der Waals surface area contributed by atoms with Gasteiger partial charge in [0.2, 0.25) is 0 Å². The number of rotatable bonds is 2. The number of aromatic nitrogens is 1. The van der Waals surface area contributed by atoms with Crippen LogP contribution in [0.15, 0.2) is 18.3 Å². The number of carbonyl (C=O) groups excluding carboxylic acids is 1. The van der Waals surface area contributed by atoms with E-state index in [4.69, 9.17) is 0 Å². The minimum atomic E-state index is -4.87. The van der Waals surface area contributed by atoms with E-state index in [9.17, 15) is 18.0 Å². The molecule has 1 N–H and O–H groups in total. The van der Waals surface area contributed by atoms with Gasteiger partial charge in [-0.3, -0.25) is 0 Å². The van der Waals surface area contributed by atoms with Gasteiger partial charge in [0.15, 0.2) is 0 Å². The second kappa shape index (κ2) is 4.83. The van der Waals surface area contributed by atoms with Crippen LogP contribution < -0.4 is 9.03 Å². The Morgan fingerprint density at radius 1 is 1.29 bits per heavy atom. The molecule has 0 aliphatic rings. The van der Waals surface area contributed by atoms with Crippen molar-refractivity contribution in [2.45, 2.75) is 21.0 Å². The fourth-order valence-electron chi connectivity index (χ4n) is 1.11. The zero-order valence-electron chi connectivity index (χ0n) is 9.72. The summed E-state index contributed by atoms with van der Waals surface area (Å²) in [6.45, 7) is 0. The molecule has 0 spiro atoms. The van der Waals surface area contributed by atoms with Gasteiger partial charge in [0.1, 0.15) is 0 Å². The summed E-state index contributed by atoms with van der Waals surface area (Å²) >= 11 is -2.29. The topological polar surface area (TPSA) is 42.0 Å². The Morgan fingerprint density at radius 3 is 2.24 bits per heavy atom. The van der Waals surface area contributed by atoms with E-state index in [0.29, 0.717) is 0 Å². The number of pyridine rings is 1. The Bertz CT molecular complexity index is 409. The minimum absolute atomic E-state index is 0.0617. The number of anilines is 1. The summed E-state index contributed by atoms with van der Waals surface area (Å²) < 4.78 is 36.9. The molecule has 0 atom stereocenters. The van der Waals surface area contributed by atoms with Gasteiger partial charge in [0.05, 0.1) is 0 Å². The van der Waals surface area contributed by atoms with Crippen molar-refractivity contribution in [1.29, 1.82) is 0 Å². The van der Waals surface area contributed by atoms with Gasteiger partial charge < -0.3 is 0 Å². The van der Waals surface area contributed by atoms with Crippen LogP contribution in [0.5, 0.6) is 0 Å². The molecule has 0 unspecified atom stereocenters. The van der Waals surface area contributed by atoms with Crippen molar-refractivity contribution < 1.29 is 18.0 Å². The van der Waals surface area contributed by atoms with Crippen LogP contribution in [-0.4, -0.2) is 35.4 Å². The third-order valence-electron chi connectivity index (χ3n) is 2.05. The van der Waals surface area contributed by atoms with Crippen molar-refractivity contribution in [2.24, 2.45) is 0 Å². The van der Waals surface area contributed by atoms with Gasteiger partial charge in [-0.15, -0.1) is 0 Å². The summed E-state index contributed by atoms with van der Waals surface area (Å²) in [5.74, 6) is -1.98. The molecule has 0 saturated carbocycles. The van der Waals surface area contributed by atoms with Crippen LogP contribution >= 0.6 is 0 Å². The Hall–Kier alpha value is -0.791. The van der Waals surface area contributed by atoms with E-state index in [1.54, 1.807) is 11.4 Å². The van der Waals surface area contributed by atoms with Gasteiger partial charge in [0, 0.05) is 0 Å². The number of amides is 1. The van der Waals surface area contributed by atoms with Gasteiger partial charge in [-0.2, -0.15) is 0 Å². The average molecular weight is 353 g/mol. The molecule has 1 heterocycles. The summed E-state index contributed by atoms with van der Waals surface area (Å²) in [5.41, 5.74) is 0.0617. The summed E-state index contributed by atoms with van der Waals surface area (Å²) in [6, 6.07) is 3.14. The van der Waals surface area contributed by atoms with Crippen molar-refractivity contribution >= 4 is 33.7 Å². The maximum atomic E-state index is 12.0. The van der Waals surface area contributed by atoms with E-state index in [-0.39, 0.29) is 5.69 Å². The molecule has 0 aromatic carbocycles. The van der Waals surface area contributed by atoms with Gasteiger partial charge in [-0.05, 0) is 0 Å². The van der Waals surface area contributed by atoms with Gasteiger partial charge >= 0.3 is 101 Å². The Labute approximate surface area is 101 Å². The van der Waals surface area contributed by atoms with Gasteiger partial charge in [0.25, 0.3) is 0 Å². The van der Waals surface area contributed by atoms with Crippen LogP contribution in [-0.2, 0) is 4.79 Å². The zero-order chi connectivity index (χ0) is 13.3. The second-order valence-electron chi connectivity index (χ2n) is 4.63. The van der Waals surface area contributed by atoms with E-state index < -0.39 is 30.5 Å². The van der Waals surface area contributed by atoms with Crippen molar-refractivity contribution in [3.63, 3.8) is 0 Å². The quantitative estimate of drug-likeness (QED) is 0.828. The fourth-order valence-corrected chi connectivity index (χ4v) is 4.07. The third-order valence-corrected chi connectivity index (χ3v) is 7.28. The van der Waals surface area contributed by atoms with E-state index >= 15 is 0 Å². The molecular weight excluding hydrogens is 340 g/mol. The first-order valence-electron chi connectivity index (χ1n) is 4.95. The SMILES string of the molecule is [CH3][Sn]([CH3])([CH3])[c]1ccc(NC(=O)C(F)(F)F)cn1. The summed E-state index contributed by atoms with van der Waals surface area (Å²) in [6.07, 6.45) is -3.61. The Morgan fingerprint density at radius 2 is 1.88 bits per heavy atom. The molecule has 1 rings (SSSR count). The predicted molar refractivity (Wildman–Crippen MR) is 61.9 cm³/mol. The molecule has 7 heteroatoms. The standard InChI is InChI=1S/C7H4F3N2O.3CH3.Sn/c8-7(9,10)6(13)12-5-2-1-3-11-4-5;;;;/h1-2,4H,(H,12,13);3*1H3;. The Kier molecular flexibility index (Phi) is 4.06. The monoisotopic (exact) mass is 354 g/mol. The number of nitrogens with zero attached hydrogens (tertiary/aromatic N) is 1. The molecule has 1 aromatic heterocycles. The second-order valence-corrected chi connectivity index (χ2v) is 18.9. The summed E-state index contributed by atoms with van der Waals surface area (Å²) in [7, 11) is 0. The molecular formula is C10H13F3N2OSn. The fraction of sp³-hybridized carbons (Fsp3) is 0.400. The third kappa shape index (κ3) is 4.18. The summed E-state index contributed by atoms with van der Waals surface area (Å²) in [4.78, 5) is 21.2. The van der Waals surface area contributed by atoms with Crippen LogP contribution in [0.2, 0.25) is 14.8 Å². The molecule has 0 radical (unpaired) electrons. The number of alkyl halides is 3. The van der Waals surface area contributed by atoms with Crippen LogP contribution in [0, 0.1) is 0 Å². The van der Waals surface area contributed by atoms with Crippen molar-refractivity contribution in [3.05, 3.63) is 18.3 Å². The molecule has 1 amide bonds. The maximum absolute atomic E-state index is 12.0. The van der Waals surface area contributed by atoms with Gasteiger partial charge in [-0.25, -0.2) is 0 Å². The zero-order valence-corrected chi connectivity index (χ0v) is 12.6. The van der Waals surface area contributed by atoms with Crippen LogP contribution in [0.3, 0.4) is 0 Å². The first kappa shape index (κ1) is 14.3. The molecule has 17 heavy (non-hydrogen) atoms. The molecule has 0 saturated heterocycles. The Balaban J connectivity index is 2.80. The molecule has 0 bridgehead atoms. The molecule has 0 aliphatic heterocycles. The van der Waals surface area contributed by atoms with Crippen LogP contribution in [0.4, 0.5) is 18.9 Å². The van der Waals surface area contributed by atoms with E-state index in [0.717, 1.165) is 3.71 Å². The number of hydrogen-bond acceptors (Lipinski definition) is 2. The normalized spacial score (nSPS) is 12.4. The number of hydrogen-bond donors (Lipinski definition) is 1. The number of nitrogens with one attached hydrogen (secondary N) is 1. The molecule has 94 valence electrons. The summed E-state index contributed by atoms with van der Waals surface area (Å²) in [5, 5.41) is 1.76. The van der Waals surface area contributed by atoms with E-state index in [1.165, 1.54) is 12.3 Å². The molecule has 1 aromatic rings. The van der Waals surface area contributed by atoms with E-state index in [1.807, 2.05) is 0 Å². The number of carbonyl (C=O) groups is 1. The van der Waals surface area contributed by atoms with Crippen LogP contribution in [0.25, 0.3) is 0 Å². The number of halogens is 3.